The van der Waals surface area contributed by atoms with Crippen molar-refractivity contribution >= 4 is 32.4 Å². The number of benzene rings is 2. The van der Waals surface area contributed by atoms with Crippen LogP contribution in [0.2, 0.25) is 0 Å². The second-order valence-corrected chi connectivity index (χ2v) is 6.28. The Hall–Kier alpha value is -2.99. The Labute approximate surface area is 143 Å². The highest BCUT2D eigenvalue weighted by atomic mass is 32.1. The predicted octanol–water partition coefficient (Wildman–Crippen LogP) is 4.93. The van der Waals surface area contributed by atoms with Gasteiger partial charge in [-0.1, -0.05) is 23.5 Å². The molecule has 0 saturated heterocycles. The van der Waals surface area contributed by atoms with Gasteiger partial charge in [0.05, 0.1) is 10.2 Å². The molecular formula is C18H14N4OS. The summed E-state index contributed by atoms with van der Waals surface area (Å²) in [6, 6.07) is 15.8. The number of para-hydroxylation sites is 1. The standard InChI is InChI=1S/C18H14N4OS/c1-12-10-19-11-20-17(12)23-14-8-6-13(7-9-14)21-18-22-15-4-2-3-5-16(15)24-18/h2-11H,1H3,(H,21,22). The van der Waals surface area contributed by atoms with Crippen LogP contribution in [0.1, 0.15) is 5.56 Å². The molecule has 0 unspecified atom stereocenters. The summed E-state index contributed by atoms with van der Waals surface area (Å²) in [5, 5.41) is 4.19. The second kappa shape index (κ2) is 6.25. The van der Waals surface area contributed by atoms with E-state index in [9.17, 15) is 0 Å². The zero-order chi connectivity index (χ0) is 16.4. The van der Waals surface area contributed by atoms with Crippen LogP contribution in [-0.4, -0.2) is 15.0 Å². The average Bonchev–Trinajstić information content (AvgIpc) is 3.01. The third-order valence-electron chi connectivity index (χ3n) is 3.46. The first-order valence-electron chi connectivity index (χ1n) is 7.45. The highest BCUT2D eigenvalue weighted by Gasteiger charge is 2.05. The van der Waals surface area contributed by atoms with Gasteiger partial charge in [-0.3, -0.25) is 0 Å². The molecule has 24 heavy (non-hydrogen) atoms. The van der Waals surface area contributed by atoms with Crippen LogP contribution in [0.5, 0.6) is 11.6 Å². The average molecular weight is 334 g/mol. The molecule has 0 fully saturated rings. The molecule has 0 bridgehead atoms. The van der Waals surface area contributed by atoms with Crippen molar-refractivity contribution in [3.05, 3.63) is 66.6 Å². The number of anilines is 2. The quantitative estimate of drug-likeness (QED) is 0.573. The maximum absolute atomic E-state index is 5.77. The lowest BCUT2D eigenvalue weighted by Crippen LogP contribution is -1.93. The molecule has 0 atom stereocenters. The molecule has 0 amide bonds. The van der Waals surface area contributed by atoms with E-state index >= 15 is 0 Å². The summed E-state index contributed by atoms with van der Waals surface area (Å²) in [7, 11) is 0. The van der Waals surface area contributed by atoms with Crippen LogP contribution in [0.25, 0.3) is 10.2 Å². The Bertz CT molecular complexity index is 949. The minimum atomic E-state index is 0.567. The Morgan fingerprint density at radius 2 is 1.88 bits per heavy atom. The van der Waals surface area contributed by atoms with E-state index in [1.165, 1.54) is 11.0 Å². The first-order valence-corrected chi connectivity index (χ1v) is 8.27. The number of nitrogens with zero attached hydrogens (tertiary/aromatic N) is 3. The molecule has 0 aliphatic carbocycles. The summed E-state index contributed by atoms with van der Waals surface area (Å²) in [5.41, 5.74) is 2.86. The summed E-state index contributed by atoms with van der Waals surface area (Å²) in [5.74, 6) is 1.29. The van der Waals surface area contributed by atoms with E-state index in [1.807, 2.05) is 49.4 Å². The zero-order valence-electron chi connectivity index (χ0n) is 12.9. The monoisotopic (exact) mass is 334 g/mol. The fraction of sp³-hybridized carbons (Fsp3) is 0.0556. The molecule has 4 rings (SSSR count). The van der Waals surface area contributed by atoms with Crippen molar-refractivity contribution in [3.63, 3.8) is 0 Å². The van der Waals surface area contributed by atoms with Crippen LogP contribution >= 0.6 is 11.3 Å². The summed E-state index contributed by atoms with van der Waals surface area (Å²) in [4.78, 5) is 12.7. The van der Waals surface area contributed by atoms with Gasteiger partial charge in [0.25, 0.3) is 0 Å². The van der Waals surface area contributed by atoms with Crippen molar-refractivity contribution in [2.75, 3.05) is 5.32 Å². The Kier molecular flexibility index (Phi) is 3.80. The second-order valence-electron chi connectivity index (χ2n) is 5.25. The van der Waals surface area contributed by atoms with Crippen molar-refractivity contribution < 1.29 is 4.74 Å². The molecule has 0 radical (unpaired) electrons. The molecule has 1 N–H and O–H groups in total. The topological polar surface area (TPSA) is 59.9 Å². The van der Waals surface area contributed by atoms with E-state index in [1.54, 1.807) is 17.5 Å². The highest BCUT2D eigenvalue weighted by Crippen LogP contribution is 2.29. The van der Waals surface area contributed by atoms with Gasteiger partial charge in [0, 0.05) is 17.4 Å². The first kappa shape index (κ1) is 14.6. The maximum atomic E-state index is 5.77. The Balaban J connectivity index is 1.50. The van der Waals surface area contributed by atoms with E-state index in [2.05, 4.69) is 26.3 Å². The molecule has 6 heteroatoms. The Morgan fingerprint density at radius 1 is 1.04 bits per heavy atom. The summed E-state index contributed by atoms with van der Waals surface area (Å²) >= 11 is 1.63. The first-order chi connectivity index (χ1) is 11.8. The van der Waals surface area contributed by atoms with Crippen molar-refractivity contribution in [3.8, 4) is 11.6 Å². The lowest BCUT2D eigenvalue weighted by Gasteiger charge is -2.07. The molecule has 0 aliphatic heterocycles. The molecule has 2 aromatic carbocycles. The van der Waals surface area contributed by atoms with E-state index in [-0.39, 0.29) is 0 Å². The molecule has 0 aliphatic rings. The number of nitrogens with one attached hydrogen (secondary N) is 1. The van der Waals surface area contributed by atoms with E-state index in [4.69, 9.17) is 4.74 Å². The van der Waals surface area contributed by atoms with Gasteiger partial charge in [-0.2, -0.15) is 0 Å². The largest absolute Gasteiger partial charge is 0.439 e. The van der Waals surface area contributed by atoms with E-state index < -0.39 is 0 Å². The molecule has 4 aromatic rings. The van der Waals surface area contributed by atoms with Crippen LogP contribution in [-0.2, 0) is 0 Å². The normalized spacial score (nSPS) is 10.7. The van der Waals surface area contributed by atoms with Gasteiger partial charge in [-0.15, -0.1) is 0 Å². The highest BCUT2D eigenvalue weighted by molar-refractivity contribution is 7.22. The summed E-state index contributed by atoms with van der Waals surface area (Å²) < 4.78 is 6.94. The van der Waals surface area contributed by atoms with Crippen molar-refractivity contribution in [2.24, 2.45) is 0 Å². The van der Waals surface area contributed by atoms with Crippen LogP contribution in [0.4, 0.5) is 10.8 Å². The van der Waals surface area contributed by atoms with E-state index in [0.717, 1.165) is 27.6 Å². The molecule has 0 saturated carbocycles. The van der Waals surface area contributed by atoms with Gasteiger partial charge in [0.1, 0.15) is 12.1 Å². The number of ether oxygens (including phenoxy) is 1. The smallest absolute Gasteiger partial charge is 0.225 e. The summed E-state index contributed by atoms with van der Waals surface area (Å²) in [6.07, 6.45) is 3.21. The molecular weight excluding hydrogens is 320 g/mol. The lowest BCUT2D eigenvalue weighted by molar-refractivity contribution is 0.457. The van der Waals surface area contributed by atoms with Gasteiger partial charge in [-0.05, 0) is 43.3 Å². The van der Waals surface area contributed by atoms with Crippen LogP contribution in [0.3, 0.4) is 0 Å². The van der Waals surface area contributed by atoms with Gasteiger partial charge < -0.3 is 10.1 Å². The summed E-state index contributed by atoms with van der Waals surface area (Å²) in [6.45, 7) is 1.92. The molecule has 0 spiro atoms. The van der Waals surface area contributed by atoms with Crippen molar-refractivity contribution in [1.82, 2.24) is 15.0 Å². The fourth-order valence-corrected chi connectivity index (χ4v) is 3.15. The number of aromatic nitrogens is 3. The number of thiazole rings is 1. The predicted molar refractivity (Wildman–Crippen MR) is 96.2 cm³/mol. The number of rotatable bonds is 4. The van der Waals surface area contributed by atoms with Crippen LogP contribution < -0.4 is 10.1 Å². The number of aryl methyl sites for hydroxylation is 1. The van der Waals surface area contributed by atoms with Gasteiger partial charge in [0.15, 0.2) is 5.13 Å². The minimum absolute atomic E-state index is 0.567. The third-order valence-corrected chi connectivity index (χ3v) is 4.41. The minimum Gasteiger partial charge on any atom is -0.439 e. The molecule has 2 aromatic heterocycles. The lowest BCUT2D eigenvalue weighted by atomic mass is 10.3. The number of hydrogen-bond acceptors (Lipinski definition) is 6. The number of hydrogen-bond donors (Lipinski definition) is 1. The number of fused-ring (bicyclic) bond motifs is 1. The Morgan fingerprint density at radius 3 is 2.67 bits per heavy atom. The molecule has 5 nitrogen and oxygen atoms in total. The third kappa shape index (κ3) is 3.04. The van der Waals surface area contributed by atoms with Gasteiger partial charge in [0.2, 0.25) is 5.88 Å². The van der Waals surface area contributed by atoms with E-state index in [0.29, 0.717) is 5.88 Å². The van der Waals surface area contributed by atoms with Crippen LogP contribution in [0, 0.1) is 6.92 Å². The maximum Gasteiger partial charge on any atom is 0.225 e. The van der Waals surface area contributed by atoms with Gasteiger partial charge in [-0.25, -0.2) is 15.0 Å². The van der Waals surface area contributed by atoms with Crippen LogP contribution in [0.15, 0.2) is 61.1 Å². The SMILES string of the molecule is Cc1cncnc1Oc1ccc(Nc2nc3ccccc3s2)cc1. The molecule has 2 heterocycles. The molecule has 118 valence electrons. The van der Waals surface area contributed by atoms with Crippen molar-refractivity contribution in [2.45, 2.75) is 6.92 Å². The fourth-order valence-electron chi connectivity index (χ4n) is 2.26. The zero-order valence-corrected chi connectivity index (χ0v) is 13.7. The van der Waals surface area contributed by atoms with Crippen molar-refractivity contribution in [1.29, 1.82) is 0 Å². The van der Waals surface area contributed by atoms with Gasteiger partial charge >= 0.3 is 0 Å².